The number of nitrogens with one attached hydrogen (secondary N) is 2. The summed E-state index contributed by atoms with van der Waals surface area (Å²) in [6.45, 7) is 7.78. The largest absolute Gasteiger partial charge is 0.352 e. The summed E-state index contributed by atoms with van der Waals surface area (Å²) in [5.74, 6) is -0.500. The smallest absolute Gasteiger partial charge is 0.350 e. The molecule has 0 spiro atoms. The Morgan fingerprint density at radius 1 is 1.03 bits per heavy atom. The van der Waals surface area contributed by atoms with Crippen molar-refractivity contribution in [2.75, 3.05) is 5.32 Å². The van der Waals surface area contributed by atoms with Gasteiger partial charge in [-0.3, -0.25) is 19.0 Å². The van der Waals surface area contributed by atoms with Gasteiger partial charge in [0.1, 0.15) is 6.54 Å². The molecule has 0 fully saturated rings. The molecular weight excluding hydrogens is 460 g/mol. The first-order valence-electron chi connectivity index (χ1n) is 12.0. The number of nitrogens with zero attached hydrogens (tertiary/aromatic N) is 4. The SMILES string of the molecule is CCC(C)NC(=O)c1ccc2c(=O)n(CC(C)C)c3nn(CC(=O)Nc4ccccc4)c(=O)n3c2c1. The van der Waals surface area contributed by atoms with Crippen molar-refractivity contribution >= 4 is 34.2 Å². The highest BCUT2D eigenvalue weighted by atomic mass is 16.2. The van der Waals surface area contributed by atoms with E-state index in [-0.39, 0.29) is 41.3 Å². The van der Waals surface area contributed by atoms with Crippen LogP contribution in [0.2, 0.25) is 0 Å². The van der Waals surface area contributed by atoms with Crippen LogP contribution in [0, 0.1) is 5.92 Å². The minimum Gasteiger partial charge on any atom is -0.350 e. The quantitative estimate of drug-likeness (QED) is 0.394. The van der Waals surface area contributed by atoms with Gasteiger partial charge in [-0.15, -0.1) is 5.10 Å². The first kappa shape index (κ1) is 24.9. The van der Waals surface area contributed by atoms with Crippen molar-refractivity contribution in [2.45, 2.75) is 53.2 Å². The summed E-state index contributed by atoms with van der Waals surface area (Å²) in [5, 5.41) is 10.3. The lowest BCUT2D eigenvalue weighted by Crippen LogP contribution is -2.32. The third-order valence-electron chi connectivity index (χ3n) is 5.93. The fraction of sp³-hybridized carbons (Fsp3) is 0.346. The van der Waals surface area contributed by atoms with Crippen molar-refractivity contribution in [2.24, 2.45) is 5.92 Å². The minimum atomic E-state index is -0.574. The molecular formula is C26H30N6O4. The maximum Gasteiger partial charge on any atom is 0.352 e. The predicted molar refractivity (Wildman–Crippen MR) is 138 cm³/mol. The number of rotatable bonds is 8. The molecule has 2 heterocycles. The molecule has 2 amide bonds. The molecule has 0 bridgehead atoms. The second-order valence-electron chi connectivity index (χ2n) is 9.31. The number of benzene rings is 2. The van der Waals surface area contributed by atoms with Gasteiger partial charge in [0.2, 0.25) is 11.7 Å². The maximum atomic E-state index is 13.5. The van der Waals surface area contributed by atoms with Crippen LogP contribution in [0.1, 0.15) is 44.5 Å². The number of anilines is 1. The molecule has 1 atom stereocenters. The first-order chi connectivity index (χ1) is 17.2. The Bertz CT molecular complexity index is 1550. The lowest BCUT2D eigenvalue weighted by molar-refractivity contribution is -0.117. The Morgan fingerprint density at radius 3 is 2.42 bits per heavy atom. The van der Waals surface area contributed by atoms with E-state index in [4.69, 9.17) is 0 Å². The van der Waals surface area contributed by atoms with Gasteiger partial charge in [0.15, 0.2) is 0 Å². The number of fused-ring (bicyclic) bond motifs is 3. The van der Waals surface area contributed by atoms with E-state index in [1.807, 2.05) is 33.8 Å². The van der Waals surface area contributed by atoms with E-state index >= 15 is 0 Å². The molecule has 0 radical (unpaired) electrons. The number of amides is 2. The average molecular weight is 491 g/mol. The van der Waals surface area contributed by atoms with Crippen molar-refractivity contribution in [1.29, 1.82) is 0 Å². The van der Waals surface area contributed by atoms with Crippen LogP contribution in [0.4, 0.5) is 5.69 Å². The lowest BCUT2D eigenvalue weighted by Gasteiger charge is -2.14. The number of hydrogen-bond donors (Lipinski definition) is 2. The van der Waals surface area contributed by atoms with Gasteiger partial charge in [-0.2, -0.15) is 0 Å². The monoisotopic (exact) mass is 490 g/mol. The highest BCUT2D eigenvalue weighted by Crippen LogP contribution is 2.16. The van der Waals surface area contributed by atoms with E-state index in [2.05, 4.69) is 15.7 Å². The van der Waals surface area contributed by atoms with Crippen LogP contribution in [0.3, 0.4) is 0 Å². The Hall–Kier alpha value is -4.21. The molecule has 1 unspecified atom stereocenters. The van der Waals surface area contributed by atoms with Crippen molar-refractivity contribution in [3.63, 3.8) is 0 Å². The number of carbonyl (C=O) groups is 2. The van der Waals surface area contributed by atoms with Gasteiger partial charge in [-0.05, 0) is 49.6 Å². The third-order valence-corrected chi connectivity index (χ3v) is 5.93. The molecule has 10 heteroatoms. The van der Waals surface area contributed by atoms with Crippen molar-refractivity contribution in [1.82, 2.24) is 24.1 Å². The molecule has 4 aromatic rings. The summed E-state index contributed by atoms with van der Waals surface area (Å²) >= 11 is 0. The van der Waals surface area contributed by atoms with Crippen LogP contribution in [-0.4, -0.2) is 36.6 Å². The molecule has 188 valence electrons. The van der Waals surface area contributed by atoms with Crippen LogP contribution >= 0.6 is 0 Å². The van der Waals surface area contributed by atoms with Crippen LogP contribution in [0.25, 0.3) is 16.7 Å². The fourth-order valence-corrected chi connectivity index (χ4v) is 3.96. The fourth-order valence-electron chi connectivity index (χ4n) is 3.96. The predicted octanol–water partition coefficient (Wildman–Crippen LogP) is 2.63. The summed E-state index contributed by atoms with van der Waals surface area (Å²) in [6, 6.07) is 13.5. The third kappa shape index (κ3) is 4.93. The Labute approximate surface area is 207 Å². The van der Waals surface area contributed by atoms with Gasteiger partial charge in [0.05, 0.1) is 10.9 Å². The molecule has 2 aromatic carbocycles. The second-order valence-corrected chi connectivity index (χ2v) is 9.31. The molecule has 4 rings (SSSR count). The van der Waals surface area contributed by atoms with Gasteiger partial charge >= 0.3 is 5.69 Å². The molecule has 0 aliphatic heterocycles. The van der Waals surface area contributed by atoms with Gasteiger partial charge < -0.3 is 10.6 Å². The summed E-state index contributed by atoms with van der Waals surface area (Å²) in [5.41, 5.74) is 0.303. The van der Waals surface area contributed by atoms with E-state index in [0.29, 0.717) is 23.2 Å². The van der Waals surface area contributed by atoms with Gasteiger partial charge in [0.25, 0.3) is 11.5 Å². The summed E-state index contributed by atoms with van der Waals surface area (Å²) < 4.78 is 3.78. The number of para-hydroxylation sites is 1. The molecule has 36 heavy (non-hydrogen) atoms. The average Bonchev–Trinajstić information content (AvgIpc) is 3.17. The van der Waals surface area contributed by atoms with Crippen molar-refractivity contribution in [3.05, 3.63) is 74.9 Å². The lowest BCUT2D eigenvalue weighted by atomic mass is 10.1. The van der Waals surface area contributed by atoms with Crippen LogP contribution in [0.15, 0.2) is 58.1 Å². The molecule has 2 N–H and O–H groups in total. The Balaban J connectivity index is 1.85. The number of carbonyl (C=O) groups excluding carboxylic acids is 2. The highest BCUT2D eigenvalue weighted by molar-refractivity contribution is 5.98. The number of aromatic nitrogens is 4. The summed E-state index contributed by atoms with van der Waals surface area (Å²) in [7, 11) is 0. The van der Waals surface area contributed by atoms with Crippen LogP contribution in [0.5, 0.6) is 0 Å². The topological polar surface area (TPSA) is 120 Å². The second kappa shape index (κ2) is 10.2. The van der Waals surface area contributed by atoms with E-state index < -0.39 is 11.6 Å². The van der Waals surface area contributed by atoms with E-state index in [1.54, 1.807) is 36.4 Å². The molecule has 0 saturated heterocycles. The summed E-state index contributed by atoms with van der Waals surface area (Å²) in [4.78, 5) is 52.2. The zero-order valence-corrected chi connectivity index (χ0v) is 20.8. The van der Waals surface area contributed by atoms with Crippen molar-refractivity contribution < 1.29 is 9.59 Å². The molecule has 10 nitrogen and oxygen atoms in total. The minimum absolute atomic E-state index is 0.0270. The molecule has 0 saturated carbocycles. The Kier molecular flexibility index (Phi) is 7.05. The zero-order chi connectivity index (χ0) is 26.0. The Morgan fingerprint density at radius 2 is 1.75 bits per heavy atom. The zero-order valence-electron chi connectivity index (χ0n) is 20.8. The number of hydrogen-bond acceptors (Lipinski definition) is 5. The van der Waals surface area contributed by atoms with Crippen LogP contribution < -0.4 is 21.9 Å². The first-order valence-corrected chi connectivity index (χ1v) is 12.0. The highest BCUT2D eigenvalue weighted by Gasteiger charge is 2.21. The van der Waals surface area contributed by atoms with Crippen LogP contribution in [-0.2, 0) is 17.9 Å². The maximum absolute atomic E-state index is 13.5. The van der Waals surface area contributed by atoms with Gasteiger partial charge in [-0.1, -0.05) is 39.0 Å². The van der Waals surface area contributed by atoms with Crippen molar-refractivity contribution in [3.8, 4) is 0 Å². The van der Waals surface area contributed by atoms with Gasteiger partial charge in [0, 0.05) is 23.8 Å². The van der Waals surface area contributed by atoms with E-state index in [1.165, 1.54) is 15.0 Å². The van der Waals surface area contributed by atoms with E-state index in [0.717, 1.165) is 11.1 Å². The normalized spacial score (nSPS) is 12.2. The summed E-state index contributed by atoms with van der Waals surface area (Å²) in [6.07, 6.45) is 0.765. The standard InChI is InChI=1S/C26H30N6O4/c1-5-17(4)27-23(34)18-11-12-20-21(13-18)32-25(30(24(20)35)14-16(2)3)29-31(26(32)36)15-22(33)28-19-9-7-6-8-10-19/h6-13,16-17H,5,14-15H2,1-4H3,(H,27,34)(H,28,33). The molecule has 0 aliphatic carbocycles. The molecule has 2 aromatic heterocycles. The van der Waals surface area contributed by atoms with E-state index in [9.17, 15) is 19.2 Å². The molecule has 0 aliphatic rings. The van der Waals surface area contributed by atoms with Gasteiger partial charge in [-0.25, -0.2) is 13.9 Å².